The summed E-state index contributed by atoms with van der Waals surface area (Å²) in [5.74, 6) is -1.36. The van der Waals surface area contributed by atoms with Crippen LogP contribution in [-0.2, 0) is 14.8 Å². The van der Waals surface area contributed by atoms with Crippen LogP contribution in [-0.4, -0.2) is 27.1 Å². The smallest absolute Gasteiger partial charge is 0.264 e. The Hall–Kier alpha value is -2.94. The maximum atomic E-state index is 13.9. The van der Waals surface area contributed by atoms with E-state index in [-0.39, 0.29) is 21.2 Å². The van der Waals surface area contributed by atoms with E-state index in [1.165, 1.54) is 36.4 Å². The Morgan fingerprint density at radius 2 is 1.76 bits per heavy atom. The molecule has 0 unspecified atom stereocenters. The van der Waals surface area contributed by atoms with Gasteiger partial charge in [-0.15, -0.1) is 0 Å². The minimum Gasteiger partial charge on any atom is -0.271 e. The van der Waals surface area contributed by atoms with Gasteiger partial charge in [0.1, 0.15) is 12.4 Å². The van der Waals surface area contributed by atoms with Gasteiger partial charge >= 0.3 is 0 Å². The minimum absolute atomic E-state index is 0.00563. The highest BCUT2D eigenvalue weighted by Crippen LogP contribution is 2.28. The molecule has 1 amide bonds. The molecule has 0 saturated carbocycles. The van der Waals surface area contributed by atoms with Gasteiger partial charge in [0.25, 0.3) is 15.9 Å². The van der Waals surface area contributed by atoms with E-state index in [9.17, 15) is 17.6 Å². The molecule has 172 valence electrons. The lowest BCUT2D eigenvalue weighted by atomic mass is 10.2. The Balaban J connectivity index is 1.89. The molecule has 0 spiro atoms. The van der Waals surface area contributed by atoms with Crippen molar-refractivity contribution >= 4 is 51.0 Å². The van der Waals surface area contributed by atoms with Crippen molar-refractivity contribution in [3.8, 4) is 0 Å². The number of hydrogen-bond donors (Lipinski definition) is 1. The first kappa shape index (κ1) is 24.7. The molecule has 33 heavy (non-hydrogen) atoms. The first-order chi connectivity index (χ1) is 15.6. The summed E-state index contributed by atoms with van der Waals surface area (Å²) in [7, 11) is -4.11. The number of nitrogens with one attached hydrogen (secondary N) is 1. The number of carbonyl (C=O) groups excluding carboxylic acids is 1. The lowest BCUT2D eigenvalue weighted by molar-refractivity contribution is -0.119. The van der Waals surface area contributed by atoms with Gasteiger partial charge in [-0.2, -0.15) is 5.10 Å². The molecule has 6 nitrogen and oxygen atoms in total. The normalized spacial score (nSPS) is 11.5. The Labute approximate surface area is 201 Å². The standard InChI is InChI=1S/C23H20Cl2FN3O3S/c1-15-6-10-18(11-7-15)33(31,32)29(17-9-8-16(2)21(25)12-17)14-23(30)28-27-13-19-20(24)4-3-5-22(19)26/h3-13H,14H2,1-2H3,(H,28,30)/b27-13-. The second kappa shape index (κ2) is 10.3. The number of anilines is 1. The van der Waals surface area contributed by atoms with Crippen molar-refractivity contribution in [2.24, 2.45) is 5.10 Å². The zero-order valence-corrected chi connectivity index (χ0v) is 20.0. The van der Waals surface area contributed by atoms with E-state index in [4.69, 9.17) is 23.2 Å². The Morgan fingerprint density at radius 3 is 2.39 bits per heavy atom. The molecule has 0 radical (unpaired) electrons. The first-order valence-corrected chi connectivity index (χ1v) is 11.9. The lowest BCUT2D eigenvalue weighted by Crippen LogP contribution is -2.39. The van der Waals surface area contributed by atoms with Crippen molar-refractivity contribution in [1.29, 1.82) is 0 Å². The summed E-state index contributed by atoms with van der Waals surface area (Å²) in [4.78, 5) is 12.6. The third kappa shape index (κ3) is 5.90. The van der Waals surface area contributed by atoms with Crippen molar-refractivity contribution in [1.82, 2.24) is 5.43 Å². The second-order valence-corrected chi connectivity index (χ2v) is 9.86. The molecule has 0 heterocycles. The van der Waals surface area contributed by atoms with Gasteiger partial charge in [-0.1, -0.05) is 53.0 Å². The molecule has 0 saturated heterocycles. The molecule has 1 N–H and O–H groups in total. The van der Waals surface area contributed by atoms with Crippen LogP contribution < -0.4 is 9.73 Å². The predicted octanol–water partition coefficient (Wildman–Crippen LogP) is 5.09. The molecule has 0 aliphatic rings. The van der Waals surface area contributed by atoms with Crippen LogP contribution in [0.25, 0.3) is 0 Å². The molecule has 3 aromatic rings. The van der Waals surface area contributed by atoms with E-state index in [1.54, 1.807) is 31.2 Å². The average molecular weight is 508 g/mol. The topological polar surface area (TPSA) is 78.8 Å². The highest BCUT2D eigenvalue weighted by molar-refractivity contribution is 7.92. The van der Waals surface area contributed by atoms with Crippen molar-refractivity contribution in [2.75, 3.05) is 10.8 Å². The van der Waals surface area contributed by atoms with Crippen LogP contribution in [0, 0.1) is 19.7 Å². The molecular weight excluding hydrogens is 488 g/mol. The number of rotatable bonds is 7. The Morgan fingerprint density at radius 1 is 1.06 bits per heavy atom. The third-order valence-corrected chi connectivity index (χ3v) is 7.25. The summed E-state index contributed by atoms with van der Waals surface area (Å²) in [5, 5.41) is 4.18. The second-order valence-electron chi connectivity index (χ2n) is 7.19. The van der Waals surface area contributed by atoms with Gasteiger partial charge in [0.05, 0.1) is 21.8 Å². The minimum atomic E-state index is -4.11. The largest absolute Gasteiger partial charge is 0.271 e. The van der Waals surface area contributed by atoms with E-state index in [2.05, 4.69) is 10.5 Å². The molecular formula is C23H20Cl2FN3O3S. The quantitative estimate of drug-likeness (QED) is 0.357. The zero-order valence-electron chi connectivity index (χ0n) is 17.7. The van der Waals surface area contributed by atoms with Gasteiger partial charge in [-0.3, -0.25) is 9.10 Å². The van der Waals surface area contributed by atoms with Crippen molar-refractivity contribution in [3.05, 3.63) is 93.2 Å². The average Bonchev–Trinajstić information content (AvgIpc) is 2.76. The van der Waals surface area contributed by atoms with Crippen LogP contribution in [0.5, 0.6) is 0 Å². The number of hydrogen-bond acceptors (Lipinski definition) is 4. The van der Waals surface area contributed by atoms with Crippen LogP contribution in [0.15, 0.2) is 70.7 Å². The summed E-state index contributed by atoms with van der Waals surface area (Å²) in [6.45, 7) is 3.03. The SMILES string of the molecule is Cc1ccc(S(=O)(=O)N(CC(=O)N/N=C\c2c(F)cccc2Cl)c2ccc(C)c(Cl)c2)cc1. The number of hydrazone groups is 1. The maximum Gasteiger partial charge on any atom is 0.264 e. The van der Waals surface area contributed by atoms with E-state index < -0.39 is 28.3 Å². The van der Waals surface area contributed by atoms with E-state index in [0.717, 1.165) is 21.6 Å². The molecule has 0 aromatic heterocycles. The van der Waals surface area contributed by atoms with Gasteiger partial charge < -0.3 is 0 Å². The number of nitrogens with zero attached hydrogens (tertiary/aromatic N) is 2. The van der Waals surface area contributed by atoms with Gasteiger partial charge in [0.15, 0.2) is 0 Å². The third-order valence-electron chi connectivity index (χ3n) is 4.72. The Kier molecular flexibility index (Phi) is 7.73. The van der Waals surface area contributed by atoms with Crippen LogP contribution >= 0.6 is 23.2 Å². The van der Waals surface area contributed by atoms with Crippen molar-refractivity contribution < 1.29 is 17.6 Å². The molecule has 0 aliphatic heterocycles. The fourth-order valence-electron chi connectivity index (χ4n) is 2.86. The van der Waals surface area contributed by atoms with E-state index >= 15 is 0 Å². The summed E-state index contributed by atoms with van der Waals surface area (Å²) >= 11 is 12.1. The number of aryl methyl sites for hydroxylation is 2. The van der Waals surface area contributed by atoms with E-state index in [0.29, 0.717) is 5.02 Å². The molecule has 0 aliphatic carbocycles. The highest BCUT2D eigenvalue weighted by Gasteiger charge is 2.27. The monoisotopic (exact) mass is 507 g/mol. The van der Waals surface area contributed by atoms with Gasteiger partial charge in [0.2, 0.25) is 0 Å². The fraction of sp³-hybridized carbons (Fsp3) is 0.130. The van der Waals surface area contributed by atoms with Crippen LogP contribution in [0.2, 0.25) is 10.0 Å². The number of halogens is 3. The summed E-state index contributed by atoms with van der Waals surface area (Å²) in [6, 6.07) is 15.1. The molecule has 0 atom stereocenters. The number of sulfonamides is 1. The van der Waals surface area contributed by atoms with Gasteiger partial charge in [-0.05, 0) is 55.8 Å². The fourth-order valence-corrected chi connectivity index (χ4v) is 4.66. The molecule has 0 fully saturated rings. The van der Waals surface area contributed by atoms with Gasteiger partial charge in [-0.25, -0.2) is 18.2 Å². The molecule has 0 bridgehead atoms. The highest BCUT2D eigenvalue weighted by atomic mass is 35.5. The summed E-state index contributed by atoms with van der Waals surface area (Å²) in [5.41, 5.74) is 4.06. The maximum absolute atomic E-state index is 13.9. The van der Waals surface area contributed by atoms with Crippen molar-refractivity contribution in [3.63, 3.8) is 0 Å². The van der Waals surface area contributed by atoms with Crippen molar-refractivity contribution in [2.45, 2.75) is 18.7 Å². The van der Waals surface area contributed by atoms with Gasteiger partial charge in [0, 0.05) is 10.6 Å². The molecule has 10 heteroatoms. The lowest BCUT2D eigenvalue weighted by Gasteiger charge is -2.24. The molecule has 3 rings (SSSR count). The summed E-state index contributed by atoms with van der Waals surface area (Å²) < 4.78 is 41.5. The number of benzene rings is 3. The predicted molar refractivity (Wildman–Crippen MR) is 129 cm³/mol. The number of amides is 1. The molecule has 3 aromatic carbocycles. The Bertz CT molecular complexity index is 1290. The first-order valence-electron chi connectivity index (χ1n) is 9.71. The summed E-state index contributed by atoms with van der Waals surface area (Å²) in [6.07, 6.45) is 1.05. The van der Waals surface area contributed by atoms with E-state index in [1.807, 2.05) is 6.92 Å². The van der Waals surface area contributed by atoms with Crippen LogP contribution in [0.3, 0.4) is 0 Å². The van der Waals surface area contributed by atoms with Crippen LogP contribution in [0.4, 0.5) is 10.1 Å². The van der Waals surface area contributed by atoms with Crippen LogP contribution in [0.1, 0.15) is 16.7 Å². The zero-order chi connectivity index (χ0) is 24.2. The number of carbonyl (C=O) groups is 1.